The van der Waals surface area contributed by atoms with Crippen molar-refractivity contribution in [3.63, 3.8) is 0 Å². The molecule has 0 spiro atoms. The van der Waals surface area contributed by atoms with Crippen LogP contribution in [0.1, 0.15) is 36.6 Å². The fourth-order valence-corrected chi connectivity index (χ4v) is 1.96. The van der Waals surface area contributed by atoms with E-state index in [0.29, 0.717) is 5.69 Å². The predicted molar refractivity (Wildman–Crippen MR) is 83.2 cm³/mol. The number of nitrogens with two attached hydrogens (primary N) is 1. The Labute approximate surface area is 127 Å². The van der Waals surface area contributed by atoms with Gasteiger partial charge in [-0.2, -0.15) is 5.10 Å². The molecule has 0 aliphatic carbocycles. The van der Waals surface area contributed by atoms with E-state index >= 15 is 0 Å². The number of aromatic nitrogens is 2. The van der Waals surface area contributed by atoms with E-state index < -0.39 is 10.7 Å². The number of imidazole rings is 1. The second-order valence-electron chi connectivity index (χ2n) is 5.22. The summed E-state index contributed by atoms with van der Waals surface area (Å²) >= 11 is 0. The Balaban J connectivity index is 2.49. The van der Waals surface area contributed by atoms with Crippen molar-refractivity contribution in [2.24, 2.45) is 5.10 Å². The normalized spacial score (nSPS) is 11.5. The third-order valence-electron chi connectivity index (χ3n) is 3.16. The number of hydrogen-bond acceptors (Lipinski definition) is 6. The quantitative estimate of drug-likeness (QED) is 0.510. The SMILES string of the molecule is Cc1cn(N=Cc2cc(C(C)C)cc([N+](=O)[O-])c2O)c(N)n1. The molecule has 0 saturated heterocycles. The maximum absolute atomic E-state index is 11.0. The predicted octanol–water partition coefficient (Wildman–Crippen LogP) is 2.39. The van der Waals surface area contributed by atoms with Gasteiger partial charge in [-0.3, -0.25) is 10.1 Å². The van der Waals surface area contributed by atoms with Crippen LogP contribution in [-0.4, -0.2) is 25.9 Å². The van der Waals surface area contributed by atoms with Gasteiger partial charge in [-0.05, 0) is 24.5 Å². The van der Waals surface area contributed by atoms with Crippen LogP contribution in [0.5, 0.6) is 5.75 Å². The van der Waals surface area contributed by atoms with Gasteiger partial charge in [-0.15, -0.1) is 0 Å². The molecule has 0 aliphatic rings. The molecule has 1 aromatic heterocycles. The van der Waals surface area contributed by atoms with Gasteiger partial charge < -0.3 is 10.8 Å². The van der Waals surface area contributed by atoms with E-state index in [4.69, 9.17) is 5.73 Å². The van der Waals surface area contributed by atoms with E-state index in [1.165, 1.54) is 17.0 Å². The number of hydrogen-bond donors (Lipinski definition) is 2. The Kier molecular flexibility index (Phi) is 4.11. The van der Waals surface area contributed by atoms with E-state index in [9.17, 15) is 15.2 Å². The maximum Gasteiger partial charge on any atom is 0.311 e. The summed E-state index contributed by atoms with van der Waals surface area (Å²) in [7, 11) is 0. The smallest absolute Gasteiger partial charge is 0.311 e. The standard InChI is InChI=1S/C14H17N5O3/c1-8(2)10-4-11(13(20)12(5-10)19(21)22)6-16-18-7-9(3)17-14(18)15/h4-8,20H,1-3H3,(H2,15,17). The third-order valence-corrected chi connectivity index (χ3v) is 3.16. The molecule has 116 valence electrons. The molecule has 0 radical (unpaired) electrons. The molecule has 3 N–H and O–H groups in total. The second-order valence-corrected chi connectivity index (χ2v) is 5.22. The van der Waals surface area contributed by atoms with Gasteiger partial charge in [0.05, 0.1) is 23.0 Å². The highest BCUT2D eigenvalue weighted by atomic mass is 16.6. The lowest BCUT2D eigenvalue weighted by atomic mass is 9.99. The van der Waals surface area contributed by atoms with Gasteiger partial charge in [0.25, 0.3) is 0 Å². The summed E-state index contributed by atoms with van der Waals surface area (Å²) in [6.45, 7) is 5.59. The van der Waals surface area contributed by atoms with Gasteiger partial charge >= 0.3 is 5.69 Å². The fraction of sp³-hybridized carbons (Fsp3) is 0.286. The molecule has 2 rings (SSSR count). The van der Waals surface area contributed by atoms with Crippen molar-refractivity contribution in [3.8, 4) is 5.75 Å². The van der Waals surface area contributed by atoms with Crippen molar-refractivity contribution in [1.29, 1.82) is 0 Å². The maximum atomic E-state index is 11.0. The number of aromatic hydroxyl groups is 1. The van der Waals surface area contributed by atoms with Crippen LogP contribution in [0.3, 0.4) is 0 Å². The molecule has 8 heteroatoms. The van der Waals surface area contributed by atoms with Gasteiger partial charge in [0.1, 0.15) is 0 Å². The molecule has 0 aliphatic heterocycles. The molecule has 8 nitrogen and oxygen atoms in total. The lowest BCUT2D eigenvalue weighted by Gasteiger charge is -2.08. The van der Waals surface area contributed by atoms with Gasteiger partial charge in [-0.25, -0.2) is 9.66 Å². The topological polar surface area (TPSA) is 120 Å². The lowest BCUT2D eigenvalue weighted by molar-refractivity contribution is -0.385. The number of anilines is 1. The average molecular weight is 303 g/mol. The summed E-state index contributed by atoms with van der Waals surface area (Å²) < 4.78 is 1.34. The number of benzene rings is 1. The number of nitro benzene ring substituents is 1. The van der Waals surface area contributed by atoms with Gasteiger partial charge in [0, 0.05) is 11.6 Å². The van der Waals surface area contributed by atoms with Crippen LogP contribution in [0.15, 0.2) is 23.4 Å². The number of nitro groups is 1. The first-order valence-electron chi connectivity index (χ1n) is 6.66. The summed E-state index contributed by atoms with van der Waals surface area (Å²) in [5, 5.41) is 25.2. The van der Waals surface area contributed by atoms with Crippen molar-refractivity contribution < 1.29 is 10.0 Å². The first-order chi connectivity index (χ1) is 10.3. The zero-order valence-corrected chi connectivity index (χ0v) is 12.5. The Morgan fingerprint density at radius 3 is 2.68 bits per heavy atom. The zero-order valence-electron chi connectivity index (χ0n) is 12.5. The number of rotatable bonds is 4. The molecule has 2 aromatic rings. The van der Waals surface area contributed by atoms with Gasteiger partial charge in [-0.1, -0.05) is 13.8 Å². The zero-order chi connectivity index (χ0) is 16.4. The number of nitrogen functional groups attached to an aromatic ring is 1. The van der Waals surface area contributed by atoms with E-state index in [0.717, 1.165) is 5.56 Å². The lowest BCUT2D eigenvalue weighted by Crippen LogP contribution is -2.00. The van der Waals surface area contributed by atoms with Gasteiger partial charge in [0.15, 0.2) is 0 Å². The Bertz CT molecular complexity index is 749. The Morgan fingerprint density at radius 1 is 1.50 bits per heavy atom. The van der Waals surface area contributed by atoms with Crippen LogP contribution in [0.25, 0.3) is 0 Å². The van der Waals surface area contributed by atoms with E-state index in [2.05, 4.69) is 10.1 Å². The highest BCUT2D eigenvalue weighted by molar-refractivity contribution is 5.86. The Hall–Kier alpha value is -2.90. The number of phenols is 1. The minimum atomic E-state index is -0.617. The molecular formula is C14H17N5O3. The molecule has 0 fully saturated rings. The summed E-state index contributed by atoms with van der Waals surface area (Å²) in [5.41, 5.74) is 7.01. The number of phenolic OH excluding ortho intramolecular Hbond substituents is 1. The minimum absolute atomic E-state index is 0.0759. The summed E-state index contributed by atoms with van der Waals surface area (Å²) in [6, 6.07) is 3.03. The average Bonchev–Trinajstić information content (AvgIpc) is 2.75. The number of nitrogens with zero attached hydrogens (tertiary/aromatic N) is 4. The largest absolute Gasteiger partial charge is 0.502 e. The molecular weight excluding hydrogens is 286 g/mol. The van der Waals surface area contributed by atoms with Crippen molar-refractivity contribution in [2.45, 2.75) is 26.7 Å². The summed E-state index contributed by atoms with van der Waals surface area (Å²) in [4.78, 5) is 14.4. The van der Waals surface area contributed by atoms with E-state index in [1.54, 1.807) is 19.2 Å². The first kappa shape index (κ1) is 15.5. The monoisotopic (exact) mass is 303 g/mol. The van der Waals surface area contributed by atoms with Crippen LogP contribution in [0, 0.1) is 17.0 Å². The van der Waals surface area contributed by atoms with Crippen molar-refractivity contribution in [2.75, 3.05) is 5.73 Å². The van der Waals surface area contributed by atoms with Crippen LogP contribution >= 0.6 is 0 Å². The minimum Gasteiger partial charge on any atom is -0.502 e. The molecule has 0 saturated carbocycles. The summed E-state index contributed by atoms with van der Waals surface area (Å²) in [5.74, 6) is -0.150. The fourth-order valence-electron chi connectivity index (χ4n) is 1.96. The first-order valence-corrected chi connectivity index (χ1v) is 6.66. The molecule has 0 bridgehead atoms. The van der Waals surface area contributed by atoms with Crippen molar-refractivity contribution >= 4 is 17.9 Å². The molecule has 22 heavy (non-hydrogen) atoms. The van der Waals surface area contributed by atoms with Crippen molar-refractivity contribution in [3.05, 3.63) is 45.3 Å². The molecule has 0 atom stereocenters. The molecule has 1 aromatic carbocycles. The molecule has 1 heterocycles. The van der Waals surface area contributed by atoms with E-state index in [1.807, 2.05) is 13.8 Å². The third kappa shape index (κ3) is 3.05. The van der Waals surface area contributed by atoms with Crippen LogP contribution in [0.2, 0.25) is 0 Å². The second kappa shape index (κ2) is 5.84. The number of aryl methyl sites for hydroxylation is 1. The van der Waals surface area contributed by atoms with Crippen molar-refractivity contribution in [1.82, 2.24) is 9.66 Å². The highest BCUT2D eigenvalue weighted by Gasteiger charge is 2.19. The highest BCUT2D eigenvalue weighted by Crippen LogP contribution is 2.32. The van der Waals surface area contributed by atoms with Crippen LogP contribution in [0.4, 0.5) is 11.6 Å². The van der Waals surface area contributed by atoms with Crippen LogP contribution in [-0.2, 0) is 0 Å². The van der Waals surface area contributed by atoms with Crippen LogP contribution < -0.4 is 5.73 Å². The van der Waals surface area contributed by atoms with E-state index in [-0.39, 0.29) is 23.1 Å². The molecule has 0 amide bonds. The summed E-state index contributed by atoms with van der Waals surface area (Å²) in [6.07, 6.45) is 2.94. The molecule has 0 unspecified atom stereocenters. The van der Waals surface area contributed by atoms with Gasteiger partial charge in [0.2, 0.25) is 11.7 Å². The Morgan fingerprint density at radius 2 is 2.18 bits per heavy atom.